The highest BCUT2D eigenvalue weighted by Crippen LogP contribution is 2.30. The Hall–Kier alpha value is -2.00. The molecule has 2 fully saturated rings. The molecule has 0 radical (unpaired) electrons. The number of rotatable bonds is 4. The van der Waals surface area contributed by atoms with E-state index in [0.717, 1.165) is 29.4 Å². The summed E-state index contributed by atoms with van der Waals surface area (Å²) in [7, 11) is 0. The highest BCUT2D eigenvalue weighted by Gasteiger charge is 2.28. The Kier molecular flexibility index (Phi) is 6.67. The average Bonchev–Trinajstić information content (AvgIpc) is 3.16. The number of aromatic nitrogens is 1. The molecule has 7 nitrogen and oxygen atoms in total. The van der Waals surface area contributed by atoms with Crippen LogP contribution in [0.15, 0.2) is 24.3 Å². The molecule has 0 aliphatic carbocycles. The number of carbonyl (C=O) groups excluding carboxylic acids is 2. The van der Waals surface area contributed by atoms with Gasteiger partial charge < -0.3 is 14.5 Å². The third-order valence-electron chi connectivity index (χ3n) is 5.44. The molecule has 4 rings (SSSR count). The van der Waals surface area contributed by atoms with Crippen LogP contribution in [0.4, 0.5) is 0 Å². The summed E-state index contributed by atoms with van der Waals surface area (Å²) >= 11 is 7.48. The first-order chi connectivity index (χ1) is 14.5. The number of hydrogen-bond donors (Lipinski definition) is 0. The second kappa shape index (κ2) is 9.43. The van der Waals surface area contributed by atoms with Crippen molar-refractivity contribution in [2.24, 2.45) is 0 Å². The summed E-state index contributed by atoms with van der Waals surface area (Å²) in [6.07, 6.45) is 0. The summed E-state index contributed by atoms with van der Waals surface area (Å²) in [6, 6.07) is 7.49. The summed E-state index contributed by atoms with van der Waals surface area (Å²) in [6.45, 7) is 7.44. The fourth-order valence-electron chi connectivity index (χ4n) is 3.69. The Labute approximate surface area is 185 Å². The number of aryl methyl sites for hydroxylation is 1. The van der Waals surface area contributed by atoms with Gasteiger partial charge in [-0.1, -0.05) is 23.7 Å². The van der Waals surface area contributed by atoms with E-state index in [9.17, 15) is 9.59 Å². The molecule has 0 bridgehead atoms. The Morgan fingerprint density at radius 2 is 1.80 bits per heavy atom. The van der Waals surface area contributed by atoms with Crippen molar-refractivity contribution in [1.29, 1.82) is 0 Å². The number of hydrogen-bond acceptors (Lipinski definition) is 6. The van der Waals surface area contributed by atoms with Crippen molar-refractivity contribution in [2.75, 3.05) is 59.0 Å². The average molecular weight is 449 g/mol. The lowest BCUT2D eigenvalue weighted by Gasteiger charge is -2.36. The van der Waals surface area contributed by atoms with Gasteiger partial charge in [-0.25, -0.2) is 4.98 Å². The molecule has 0 saturated carbocycles. The predicted octanol–water partition coefficient (Wildman–Crippen LogP) is 2.39. The van der Waals surface area contributed by atoms with Gasteiger partial charge >= 0.3 is 0 Å². The summed E-state index contributed by atoms with van der Waals surface area (Å²) in [5.74, 6) is 0.111. The molecule has 0 atom stereocenters. The van der Waals surface area contributed by atoms with E-state index in [1.54, 1.807) is 0 Å². The summed E-state index contributed by atoms with van der Waals surface area (Å²) in [4.78, 5) is 36.7. The van der Waals surface area contributed by atoms with Crippen molar-refractivity contribution in [3.05, 3.63) is 39.9 Å². The van der Waals surface area contributed by atoms with Crippen molar-refractivity contribution in [3.63, 3.8) is 0 Å². The van der Waals surface area contributed by atoms with Crippen LogP contribution in [0.5, 0.6) is 0 Å². The Balaban J connectivity index is 1.36. The quantitative estimate of drug-likeness (QED) is 0.718. The molecular weight excluding hydrogens is 424 g/mol. The minimum absolute atomic E-state index is 0.0152. The number of piperazine rings is 1. The first-order valence-corrected chi connectivity index (χ1v) is 11.3. The van der Waals surface area contributed by atoms with E-state index in [4.69, 9.17) is 16.3 Å². The Morgan fingerprint density at radius 3 is 2.50 bits per heavy atom. The predicted molar refractivity (Wildman–Crippen MR) is 117 cm³/mol. The van der Waals surface area contributed by atoms with Crippen LogP contribution in [0.2, 0.25) is 5.02 Å². The lowest BCUT2D eigenvalue weighted by molar-refractivity contribution is -0.134. The van der Waals surface area contributed by atoms with E-state index in [0.29, 0.717) is 55.8 Å². The van der Waals surface area contributed by atoms with Gasteiger partial charge in [0.05, 0.1) is 25.5 Å². The maximum atomic E-state index is 13.1. The van der Waals surface area contributed by atoms with Gasteiger partial charge in [0.1, 0.15) is 9.88 Å². The molecule has 2 amide bonds. The van der Waals surface area contributed by atoms with Gasteiger partial charge in [0, 0.05) is 49.9 Å². The van der Waals surface area contributed by atoms with Gasteiger partial charge in [0.2, 0.25) is 5.91 Å². The summed E-state index contributed by atoms with van der Waals surface area (Å²) in [5, 5.41) is 1.43. The van der Waals surface area contributed by atoms with Gasteiger partial charge in [-0.15, -0.1) is 11.3 Å². The summed E-state index contributed by atoms with van der Waals surface area (Å²) < 4.78 is 5.33. The van der Waals surface area contributed by atoms with Crippen molar-refractivity contribution < 1.29 is 14.3 Å². The normalized spacial score (nSPS) is 17.9. The van der Waals surface area contributed by atoms with Gasteiger partial charge in [0.25, 0.3) is 5.91 Å². The first kappa shape index (κ1) is 21.2. The lowest BCUT2D eigenvalue weighted by Crippen LogP contribution is -2.53. The van der Waals surface area contributed by atoms with Crippen molar-refractivity contribution in [2.45, 2.75) is 6.92 Å². The Bertz CT molecular complexity index is 921. The minimum atomic E-state index is -0.0152. The molecule has 0 N–H and O–H groups in total. The Morgan fingerprint density at radius 1 is 1.10 bits per heavy atom. The highest BCUT2D eigenvalue weighted by molar-refractivity contribution is 7.17. The smallest absolute Gasteiger partial charge is 0.265 e. The van der Waals surface area contributed by atoms with E-state index in [1.165, 1.54) is 11.3 Å². The largest absolute Gasteiger partial charge is 0.379 e. The number of halogens is 1. The second-order valence-electron chi connectivity index (χ2n) is 7.51. The lowest BCUT2D eigenvalue weighted by atomic mass is 10.2. The van der Waals surface area contributed by atoms with E-state index in [1.807, 2.05) is 41.0 Å². The molecule has 2 aliphatic rings. The molecule has 30 heavy (non-hydrogen) atoms. The maximum absolute atomic E-state index is 13.1. The van der Waals surface area contributed by atoms with Gasteiger partial charge in [0.15, 0.2) is 0 Å². The number of carbonyl (C=O) groups is 2. The van der Waals surface area contributed by atoms with Crippen LogP contribution in [0, 0.1) is 6.92 Å². The number of thiazole rings is 1. The fourth-order valence-corrected chi connectivity index (χ4v) is 4.91. The molecule has 2 saturated heterocycles. The molecule has 2 aromatic rings. The summed E-state index contributed by atoms with van der Waals surface area (Å²) in [5.41, 5.74) is 1.64. The van der Waals surface area contributed by atoms with Crippen LogP contribution in [-0.2, 0) is 9.53 Å². The van der Waals surface area contributed by atoms with Crippen LogP contribution in [-0.4, -0.2) is 90.5 Å². The fraction of sp³-hybridized carbons (Fsp3) is 0.476. The maximum Gasteiger partial charge on any atom is 0.265 e. The zero-order chi connectivity index (χ0) is 21.1. The topological polar surface area (TPSA) is 66.0 Å². The van der Waals surface area contributed by atoms with Gasteiger partial charge in [-0.2, -0.15) is 0 Å². The highest BCUT2D eigenvalue weighted by atomic mass is 35.5. The number of morpholine rings is 1. The number of benzene rings is 1. The molecular formula is C21H25ClN4O3S. The number of nitrogens with zero attached hydrogens (tertiary/aromatic N) is 4. The molecule has 1 aromatic carbocycles. The molecule has 0 spiro atoms. The van der Waals surface area contributed by atoms with E-state index in [2.05, 4.69) is 9.88 Å². The third-order valence-corrected chi connectivity index (χ3v) is 6.87. The molecule has 0 unspecified atom stereocenters. The minimum Gasteiger partial charge on any atom is -0.379 e. The molecule has 160 valence electrons. The zero-order valence-electron chi connectivity index (χ0n) is 17.0. The molecule has 2 aliphatic heterocycles. The first-order valence-electron chi connectivity index (χ1n) is 10.1. The van der Waals surface area contributed by atoms with Crippen molar-refractivity contribution in [1.82, 2.24) is 19.7 Å². The van der Waals surface area contributed by atoms with Gasteiger partial charge in [-0.3, -0.25) is 14.5 Å². The number of amides is 2. The molecule has 3 heterocycles. The monoisotopic (exact) mass is 448 g/mol. The SMILES string of the molecule is Cc1nc(-c2cccc(Cl)c2)sc1C(=O)N1CCN(C(=O)CN2CCOCC2)CC1. The molecule has 9 heteroatoms. The van der Waals surface area contributed by atoms with Crippen LogP contribution >= 0.6 is 22.9 Å². The van der Waals surface area contributed by atoms with Crippen LogP contribution in [0.25, 0.3) is 10.6 Å². The standard InChI is InChI=1S/C21H25ClN4O3S/c1-15-19(30-20(23-15)16-3-2-4-17(22)13-16)21(28)26-7-5-25(6-8-26)18(27)14-24-9-11-29-12-10-24/h2-4,13H,5-12,14H2,1H3. The van der Waals surface area contributed by atoms with Crippen LogP contribution in [0.1, 0.15) is 15.4 Å². The van der Waals surface area contributed by atoms with Crippen LogP contribution < -0.4 is 0 Å². The molecule has 1 aromatic heterocycles. The third kappa shape index (κ3) is 4.83. The van der Waals surface area contributed by atoms with Crippen molar-refractivity contribution >= 4 is 34.8 Å². The van der Waals surface area contributed by atoms with E-state index >= 15 is 0 Å². The van der Waals surface area contributed by atoms with Gasteiger partial charge in [-0.05, 0) is 19.1 Å². The van der Waals surface area contributed by atoms with E-state index < -0.39 is 0 Å². The second-order valence-corrected chi connectivity index (χ2v) is 8.94. The van der Waals surface area contributed by atoms with E-state index in [-0.39, 0.29) is 11.8 Å². The van der Waals surface area contributed by atoms with Crippen molar-refractivity contribution in [3.8, 4) is 10.6 Å². The number of ether oxygens (including phenoxy) is 1. The van der Waals surface area contributed by atoms with Crippen LogP contribution in [0.3, 0.4) is 0 Å². The zero-order valence-corrected chi connectivity index (χ0v) is 18.5.